The van der Waals surface area contributed by atoms with Gasteiger partial charge in [0.15, 0.2) is 0 Å². The Kier molecular flexibility index (Phi) is 5.65. The van der Waals surface area contributed by atoms with Crippen LogP contribution in [0.4, 0.5) is 5.69 Å². The molecular formula is C28H19N2O3S-. The quantitative estimate of drug-likeness (QED) is 0.370. The standard InChI is InChI=1S/C28H20N2O3S/c1-17-10-15-24-25(16-17)34-27(30-24)18-11-13-19(14-12-18)29-26(31)22-8-4-2-6-20(22)21-7-3-5-9-23(21)28(32)33/h2-16H,1H3,(H,29,31)(H,32,33)/p-1. The van der Waals surface area contributed by atoms with Crippen LogP contribution in [0.5, 0.6) is 0 Å². The highest BCUT2D eigenvalue weighted by Gasteiger charge is 2.15. The van der Waals surface area contributed by atoms with E-state index in [1.165, 1.54) is 11.6 Å². The molecule has 1 heterocycles. The first-order valence-electron chi connectivity index (χ1n) is 10.7. The number of nitrogens with zero attached hydrogens (tertiary/aromatic N) is 1. The molecule has 6 heteroatoms. The monoisotopic (exact) mass is 463 g/mol. The summed E-state index contributed by atoms with van der Waals surface area (Å²) in [5, 5.41) is 15.4. The van der Waals surface area contributed by atoms with Crippen LogP contribution in [-0.4, -0.2) is 16.9 Å². The molecule has 1 N–H and O–H groups in total. The highest BCUT2D eigenvalue weighted by Crippen LogP contribution is 2.32. The number of amides is 1. The lowest BCUT2D eigenvalue weighted by Gasteiger charge is -2.14. The lowest BCUT2D eigenvalue weighted by Crippen LogP contribution is -2.23. The number of aromatic carboxylic acids is 1. The van der Waals surface area contributed by atoms with Gasteiger partial charge in [-0.05, 0) is 66.1 Å². The fourth-order valence-electron chi connectivity index (χ4n) is 3.86. The van der Waals surface area contributed by atoms with E-state index in [0.29, 0.717) is 22.4 Å². The van der Waals surface area contributed by atoms with Crippen LogP contribution in [0, 0.1) is 6.92 Å². The van der Waals surface area contributed by atoms with Crippen molar-refractivity contribution in [2.45, 2.75) is 6.92 Å². The number of aromatic nitrogens is 1. The van der Waals surface area contributed by atoms with Gasteiger partial charge in [0.1, 0.15) is 5.01 Å². The number of carbonyl (C=O) groups is 2. The van der Waals surface area contributed by atoms with Crippen molar-refractivity contribution in [3.8, 4) is 21.7 Å². The molecule has 0 saturated heterocycles. The van der Waals surface area contributed by atoms with E-state index in [9.17, 15) is 14.7 Å². The minimum Gasteiger partial charge on any atom is -0.545 e. The van der Waals surface area contributed by atoms with Crippen molar-refractivity contribution in [1.29, 1.82) is 0 Å². The number of carboxylic acid groups (broad SMARTS) is 1. The Bertz CT molecular complexity index is 1540. The molecule has 1 aromatic heterocycles. The Hall–Kier alpha value is -4.29. The molecular weight excluding hydrogens is 444 g/mol. The first-order valence-corrected chi connectivity index (χ1v) is 11.5. The van der Waals surface area contributed by atoms with Crippen LogP contribution in [-0.2, 0) is 0 Å². The average molecular weight is 464 g/mol. The summed E-state index contributed by atoms with van der Waals surface area (Å²) >= 11 is 1.63. The van der Waals surface area contributed by atoms with Gasteiger partial charge in [0.05, 0.1) is 16.2 Å². The number of rotatable bonds is 5. The molecule has 0 aliphatic heterocycles. The molecule has 4 aromatic carbocycles. The van der Waals surface area contributed by atoms with Crippen LogP contribution in [0.1, 0.15) is 26.3 Å². The molecule has 0 aliphatic carbocycles. The summed E-state index contributed by atoms with van der Waals surface area (Å²) in [5.74, 6) is -1.61. The van der Waals surface area contributed by atoms with Gasteiger partial charge >= 0.3 is 0 Å². The second kappa shape index (κ2) is 8.92. The van der Waals surface area contributed by atoms with Gasteiger partial charge in [-0.25, -0.2) is 4.98 Å². The number of hydrogen-bond acceptors (Lipinski definition) is 5. The first-order chi connectivity index (χ1) is 16.5. The Balaban J connectivity index is 1.41. The van der Waals surface area contributed by atoms with E-state index in [4.69, 9.17) is 4.98 Å². The summed E-state index contributed by atoms with van der Waals surface area (Å²) < 4.78 is 1.14. The molecule has 5 aromatic rings. The zero-order valence-electron chi connectivity index (χ0n) is 18.2. The van der Waals surface area contributed by atoms with Gasteiger partial charge in [-0.2, -0.15) is 0 Å². The van der Waals surface area contributed by atoms with E-state index < -0.39 is 5.97 Å². The minimum absolute atomic E-state index is 0.0399. The molecule has 0 bridgehead atoms. The SMILES string of the molecule is Cc1ccc2nc(-c3ccc(NC(=O)c4ccccc4-c4ccccc4C(=O)[O-])cc3)sc2c1. The first kappa shape index (κ1) is 21.6. The number of anilines is 1. The van der Waals surface area contributed by atoms with Crippen LogP contribution in [0.3, 0.4) is 0 Å². The zero-order chi connectivity index (χ0) is 23.7. The normalized spacial score (nSPS) is 10.9. The molecule has 5 nitrogen and oxygen atoms in total. The predicted molar refractivity (Wildman–Crippen MR) is 134 cm³/mol. The maximum absolute atomic E-state index is 13.1. The number of benzene rings is 4. The number of aryl methyl sites for hydroxylation is 1. The van der Waals surface area contributed by atoms with Gasteiger partial charge in [0.2, 0.25) is 0 Å². The summed E-state index contributed by atoms with van der Waals surface area (Å²) in [7, 11) is 0. The third kappa shape index (κ3) is 4.19. The number of carbonyl (C=O) groups excluding carboxylic acids is 2. The Labute approximate surface area is 200 Å². The largest absolute Gasteiger partial charge is 0.545 e. The van der Waals surface area contributed by atoms with Crippen molar-refractivity contribution in [3.63, 3.8) is 0 Å². The van der Waals surface area contributed by atoms with E-state index >= 15 is 0 Å². The summed E-state index contributed by atoms with van der Waals surface area (Å²) in [6.07, 6.45) is 0. The van der Waals surface area contributed by atoms with Gasteiger partial charge in [-0.15, -0.1) is 11.3 Å². The number of nitrogens with one attached hydrogen (secondary N) is 1. The van der Waals surface area contributed by atoms with Crippen LogP contribution in [0.15, 0.2) is 91.0 Å². The smallest absolute Gasteiger partial charge is 0.256 e. The highest BCUT2D eigenvalue weighted by molar-refractivity contribution is 7.21. The van der Waals surface area contributed by atoms with Crippen molar-refractivity contribution in [1.82, 2.24) is 4.98 Å². The van der Waals surface area contributed by atoms with Crippen molar-refractivity contribution < 1.29 is 14.7 Å². The molecule has 5 rings (SSSR count). The summed E-state index contributed by atoms with van der Waals surface area (Å²) in [6, 6.07) is 27.2. The Morgan fingerprint density at radius 2 is 1.47 bits per heavy atom. The summed E-state index contributed by atoms with van der Waals surface area (Å²) in [4.78, 5) is 29.4. The van der Waals surface area contributed by atoms with Crippen LogP contribution in [0.25, 0.3) is 31.9 Å². The molecule has 34 heavy (non-hydrogen) atoms. The van der Waals surface area contributed by atoms with Gasteiger partial charge in [-0.1, -0.05) is 48.5 Å². The van der Waals surface area contributed by atoms with E-state index in [1.54, 1.807) is 53.8 Å². The van der Waals surface area contributed by atoms with Crippen molar-refractivity contribution in [2.75, 3.05) is 5.32 Å². The van der Waals surface area contributed by atoms with Crippen molar-refractivity contribution in [2.24, 2.45) is 0 Å². The van der Waals surface area contributed by atoms with Crippen LogP contribution >= 0.6 is 11.3 Å². The molecule has 0 fully saturated rings. The van der Waals surface area contributed by atoms with Crippen LogP contribution in [0.2, 0.25) is 0 Å². The van der Waals surface area contributed by atoms with E-state index in [2.05, 4.69) is 18.3 Å². The van der Waals surface area contributed by atoms with E-state index in [0.717, 1.165) is 20.8 Å². The van der Waals surface area contributed by atoms with Crippen molar-refractivity contribution >= 4 is 39.1 Å². The molecule has 1 amide bonds. The van der Waals surface area contributed by atoms with Gasteiger partial charge in [-0.3, -0.25) is 4.79 Å². The lowest BCUT2D eigenvalue weighted by atomic mass is 9.95. The molecule has 0 spiro atoms. The van der Waals surface area contributed by atoms with Crippen LogP contribution < -0.4 is 10.4 Å². The summed E-state index contributed by atoms with van der Waals surface area (Å²) in [6.45, 7) is 2.06. The molecule has 166 valence electrons. The third-order valence-corrected chi connectivity index (χ3v) is 6.61. The molecule has 0 aliphatic rings. The highest BCUT2D eigenvalue weighted by atomic mass is 32.1. The Morgan fingerprint density at radius 3 is 2.18 bits per heavy atom. The molecule has 0 radical (unpaired) electrons. The number of carboxylic acids is 1. The number of fused-ring (bicyclic) bond motifs is 1. The second-order valence-corrected chi connectivity index (χ2v) is 8.93. The Morgan fingerprint density at radius 1 is 0.824 bits per heavy atom. The minimum atomic E-state index is -1.29. The van der Waals surface area contributed by atoms with Gasteiger partial charge in [0, 0.05) is 22.4 Å². The summed E-state index contributed by atoms with van der Waals surface area (Å²) in [5.41, 5.74) is 5.16. The topological polar surface area (TPSA) is 82.1 Å². The molecule has 0 saturated carbocycles. The number of thiazole rings is 1. The second-order valence-electron chi connectivity index (χ2n) is 7.90. The number of hydrogen-bond donors (Lipinski definition) is 1. The maximum Gasteiger partial charge on any atom is 0.256 e. The van der Waals surface area contributed by atoms with Crippen molar-refractivity contribution in [3.05, 3.63) is 108 Å². The fraction of sp³-hybridized carbons (Fsp3) is 0.0357. The van der Waals surface area contributed by atoms with Gasteiger partial charge < -0.3 is 15.2 Å². The van der Waals surface area contributed by atoms with E-state index in [-0.39, 0.29) is 11.5 Å². The average Bonchev–Trinajstić information content (AvgIpc) is 3.27. The zero-order valence-corrected chi connectivity index (χ0v) is 19.1. The lowest BCUT2D eigenvalue weighted by molar-refractivity contribution is -0.254. The predicted octanol–water partition coefficient (Wildman–Crippen LogP) is 5.55. The molecule has 0 unspecified atom stereocenters. The third-order valence-electron chi connectivity index (χ3n) is 5.54. The van der Waals surface area contributed by atoms with E-state index in [1.807, 2.05) is 36.4 Å². The maximum atomic E-state index is 13.1. The molecule has 0 atom stereocenters. The fourth-order valence-corrected chi connectivity index (χ4v) is 4.93. The van der Waals surface area contributed by atoms with Gasteiger partial charge in [0.25, 0.3) is 5.91 Å².